The summed E-state index contributed by atoms with van der Waals surface area (Å²) in [6, 6.07) is 12.3. The zero-order chi connectivity index (χ0) is 21.5. The summed E-state index contributed by atoms with van der Waals surface area (Å²) in [5, 5.41) is 8.28. The smallest absolute Gasteiger partial charge is 0.251 e. The van der Waals surface area contributed by atoms with Crippen LogP contribution in [0.15, 0.2) is 47.8 Å². The lowest BCUT2D eigenvalue weighted by Crippen LogP contribution is -2.32. The molecular formula is C22H23N3O4S. The standard InChI is InChI=1S/C22H23N3O4S/c1-14-7-8-20(28-3)19(9-14)25-21(26)11-23-22(27)16-5-4-6-18(10-16)29-12-17-13-30-15(2)24-17/h4-10,13H,11-12H2,1-3H3,(H,23,27)(H,25,26). The van der Waals surface area contributed by atoms with Crippen molar-refractivity contribution in [2.75, 3.05) is 19.0 Å². The third-order valence-electron chi connectivity index (χ3n) is 4.19. The second-order valence-corrected chi connectivity index (χ2v) is 7.67. The molecule has 1 heterocycles. The molecule has 1 aromatic heterocycles. The first-order chi connectivity index (χ1) is 14.4. The molecule has 0 bridgehead atoms. The third-order valence-corrected chi connectivity index (χ3v) is 5.01. The Hall–Kier alpha value is -3.39. The summed E-state index contributed by atoms with van der Waals surface area (Å²) in [6.07, 6.45) is 0. The van der Waals surface area contributed by atoms with Gasteiger partial charge in [-0.2, -0.15) is 0 Å². The van der Waals surface area contributed by atoms with Crippen molar-refractivity contribution in [3.8, 4) is 11.5 Å². The van der Waals surface area contributed by atoms with Gasteiger partial charge >= 0.3 is 0 Å². The predicted octanol–water partition coefficient (Wildman–Crippen LogP) is 3.72. The minimum Gasteiger partial charge on any atom is -0.495 e. The number of anilines is 1. The minimum atomic E-state index is -0.365. The van der Waals surface area contributed by atoms with E-state index in [1.165, 1.54) is 7.11 Å². The van der Waals surface area contributed by atoms with E-state index in [1.54, 1.807) is 41.7 Å². The first-order valence-electron chi connectivity index (χ1n) is 9.31. The molecule has 0 saturated carbocycles. The van der Waals surface area contributed by atoms with E-state index in [9.17, 15) is 9.59 Å². The number of ether oxygens (including phenoxy) is 2. The normalized spacial score (nSPS) is 10.4. The van der Waals surface area contributed by atoms with Crippen molar-refractivity contribution in [3.05, 3.63) is 69.7 Å². The van der Waals surface area contributed by atoms with E-state index in [-0.39, 0.29) is 18.4 Å². The highest BCUT2D eigenvalue weighted by Gasteiger charge is 2.12. The maximum Gasteiger partial charge on any atom is 0.251 e. The van der Waals surface area contributed by atoms with E-state index >= 15 is 0 Å². The number of benzene rings is 2. The van der Waals surface area contributed by atoms with Gasteiger partial charge in [0.25, 0.3) is 5.91 Å². The van der Waals surface area contributed by atoms with Crippen molar-refractivity contribution in [1.82, 2.24) is 10.3 Å². The highest BCUT2D eigenvalue weighted by Crippen LogP contribution is 2.25. The maximum absolute atomic E-state index is 12.4. The molecule has 156 valence electrons. The van der Waals surface area contributed by atoms with Gasteiger partial charge in [-0.1, -0.05) is 12.1 Å². The number of methoxy groups -OCH3 is 1. The van der Waals surface area contributed by atoms with Gasteiger partial charge in [-0.05, 0) is 49.7 Å². The lowest BCUT2D eigenvalue weighted by Gasteiger charge is -2.12. The van der Waals surface area contributed by atoms with E-state index in [0.717, 1.165) is 16.3 Å². The number of hydrogen-bond donors (Lipinski definition) is 2. The van der Waals surface area contributed by atoms with Gasteiger partial charge in [-0.15, -0.1) is 11.3 Å². The Kier molecular flexibility index (Phi) is 7.03. The van der Waals surface area contributed by atoms with Crippen LogP contribution in [0.25, 0.3) is 0 Å². The number of carbonyl (C=O) groups is 2. The van der Waals surface area contributed by atoms with Gasteiger partial charge < -0.3 is 20.1 Å². The topological polar surface area (TPSA) is 89.6 Å². The van der Waals surface area contributed by atoms with Gasteiger partial charge in [-0.25, -0.2) is 4.98 Å². The quantitative estimate of drug-likeness (QED) is 0.574. The molecule has 0 aliphatic rings. The van der Waals surface area contributed by atoms with Crippen LogP contribution in [0.1, 0.15) is 26.6 Å². The average molecular weight is 426 g/mol. The minimum absolute atomic E-state index is 0.168. The Balaban J connectivity index is 1.54. The van der Waals surface area contributed by atoms with Gasteiger partial charge in [-0.3, -0.25) is 9.59 Å². The van der Waals surface area contributed by atoms with Crippen molar-refractivity contribution >= 4 is 28.8 Å². The van der Waals surface area contributed by atoms with Crippen molar-refractivity contribution in [1.29, 1.82) is 0 Å². The third kappa shape index (κ3) is 5.81. The van der Waals surface area contributed by atoms with Crippen LogP contribution in [-0.4, -0.2) is 30.5 Å². The fourth-order valence-electron chi connectivity index (χ4n) is 2.74. The molecule has 0 saturated heterocycles. The summed E-state index contributed by atoms with van der Waals surface area (Å²) >= 11 is 1.56. The van der Waals surface area contributed by atoms with E-state index in [2.05, 4.69) is 15.6 Å². The Morgan fingerprint density at radius 3 is 2.70 bits per heavy atom. The van der Waals surface area contributed by atoms with E-state index in [4.69, 9.17) is 9.47 Å². The molecule has 0 aliphatic carbocycles. The maximum atomic E-state index is 12.4. The molecule has 3 rings (SSSR count). The molecule has 7 nitrogen and oxygen atoms in total. The number of thiazole rings is 1. The number of nitrogens with one attached hydrogen (secondary N) is 2. The number of hydrogen-bond acceptors (Lipinski definition) is 6. The Labute approximate surface area is 179 Å². The summed E-state index contributed by atoms with van der Waals surface area (Å²) in [4.78, 5) is 29.0. The molecule has 2 amide bonds. The summed E-state index contributed by atoms with van der Waals surface area (Å²) in [7, 11) is 1.53. The van der Waals surface area contributed by atoms with Gasteiger partial charge in [0.15, 0.2) is 0 Å². The van der Waals surface area contributed by atoms with Crippen molar-refractivity contribution in [2.45, 2.75) is 20.5 Å². The van der Waals surface area contributed by atoms with Crippen LogP contribution < -0.4 is 20.1 Å². The number of nitrogens with zero attached hydrogens (tertiary/aromatic N) is 1. The zero-order valence-electron chi connectivity index (χ0n) is 17.0. The highest BCUT2D eigenvalue weighted by molar-refractivity contribution is 7.09. The number of carbonyl (C=O) groups excluding carboxylic acids is 2. The Morgan fingerprint density at radius 2 is 1.97 bits per heavy atom. The second-order valence-electron chi connectivity index (χ2n) is 6.61. The fraction of sp³-hybridized carbons (Fsp3) is 0.227. The van der Waals surface area contributed by atoms with E-state index < -0.39 is 0 Å². The second kappa shape index (κ2) is 9.89. The molecule has 0 radical (unpaired) electrons. The van der Waals surface area contributed by atoms with Gasteiger partial charge in [0, 0.05) is 10.9 Å². The van der Waals surface area contributed by atoms with Crippen LogP contribution >= 0.6 is 11.3 Å². The van der Waals surface area contributed by atoms with Crippen LogP contribution in [0.4, 0.5) is 5.69 Å². The fourth-order valence-corrected chi connectivity index (χ4v) is 3.33. The van der Waals surface area contributed by atoms with Crippen LogP contribution in [0.2, 0.25) is 0 Å². The molecule has 30 heavy (non-hydrogen) atoms. The molecular weight excluding hydrogens is 402 g/mol. The summed E-state index contributed by atoms with van der Waals surface area (Å²) < 4.78 is 11.0. The van der Waals surface area contributed by atoms with Gasteiger partial charge in [0.05, 0.1) is 30.0 Å². The number of amides is 2. The molecule has 3 aromatic rings. The molecule has 2 aromatic carbocycles. The first kappa shape index (κ1) is 21.3. The first-order valence-corrected chi connectivity index (χ1v) is 10.2. The molecule has 0 spiro atoms. The molecule has 0 atom stereocenters. The number of aryl methyl sites for hydroxylation is 2. The molecule has 0 fully saturated rings. The molecule has 2 N–H and O–H groups in total. The average Bonchev–Trinajstić information content (AvgIpc) is 3.16. The van der Waals surface area contributed by atoms with Crippen molar-refractivity contribution < 1.29 is 19.1 Å². The molecule has 0 aliphatic heterocycles. The van der Waals surface area contributed by atoms with Gasteiger partial charge in [0.1, 0.15) is 18.1 Å². The van der Waals surface area contributed by atoms with Gasteiger partial charge in [0.2, 0.25) is 5.91 Å². The van der Waals surface area contributed by atoms with E-state index in [0.29, 0.717) is 29.4 Å². The summed E-state index contributed by atoms with van der Waals surface area (Å²) in [5.41, 5.74) is 2.79. The predicted molar refractivity (Wildman–Crippen MR) is 116 cm³/mol. The largest absolute Gasteiger partial charge is 0.495 e. The van der Waals surface area contributed by atoms with Crippen molar-refractivity contribution in [3.63, 3.8) is 0 Å². The Bertz CT molecular complexity index is 1050. The van der Waals surface area contributed by atoms with Crippen LogP contribution in [-0.2, 0) is 11.4 Å². The number of aromatic nitrogens is 1. The van der Waals surface area contributed by atoms with Crippen LogP contribution in [0.5, 0.6) is 11.5 Å². The molecule has 8 heteroatoms. The highest BCUT2D eigenvalue weighted by atomic mass is 32.1. The van der Waals surface area contributed by atoms with E-state index in [1.807, 2.05) is 31.4 Å². The number of rotatable bonds is 8. The van der Waals surface area contributed by atoms with Crippen molar-refractivity contribution in [2.24, 2.45) is 0 Å². The monoisotopic (exact) mass is 425 g/mol. The molecule has 0 unspecified atom stereocenters. The SMILES string of the molecule is COc1ccc(C)cc1NC(=O)CNC(=O)c1cccc(OCc2csc(C)n2)c1. The lowest BCUT2D eigenvalue weighted by molar-refractivity contribution is -0.115. The van der Waals surface area contributed by atoms with Crippen LogP contribution in [0.3, 0.4) is 0 Å². The van der Waals surface area contributed by atoms with Crippen LogP contribution in [0, 0.1) is 13.8 Å². The zero-order valence-corrected chi connectivity index (χ0v) is 17.8. The summed E-state index contributed by atoms with van der Waals surface area (Å²) in [6.45, 7) is 4.01. The summed E-state index contributed by atoms with van der Waals surface area (Å²) in [5.74, 6) is 0.401. The lowest BCUT2D eigenvalue weighted by atomic mass is 10.2. The Morgan fingerprint density at radius 1 is 1.13 bits per heavy atom.